The largest absolute Gasteiger partial charge is 0.396 e. The summed E-state index contributed by atoms with van der Waals surface area (Å²) in [6.45, 7) is 13.8. The third-order valence-electron chi connectivity index (χ3n) is 3.50. The molecule has 16 heavy (non-hydrogen) atoms. The van der Waals surface area contributed by atoms with Crippen molar-refractivity contribution in [3.8, 4) is 0 Å². The Labute approximate surface area is 100 Å². The number of rotatable bonds is 2. The fourth-order valence-corrected chi connectivity index (χ4v) is 3.20. The van der Waals surface area contributed by atoms with E-state index in [1.54, 1.807) is 0 Å². The first-order valence-corrected chi connectivity index (χ1v) is 6.40. The Morgan fingerprint density at radius 2 is 2.00 bits per heavy atom. The van der Waals surface area contributed by atoms with Gasteiger partial charge in [0, 0.05) is 30.3 Å². The van der Waals surface area contributed by atoms with Crippen molar-refractivity contribution in [3.05, 3.63) is 0 Å². The summed E-state index contributed by atoms with van der Waals surface area (Å²) in [5, 5.41) is 12.7. The lowest BCUT2D eigenvalue weighted by atomic mass is 9.89. The summed E-state index contributed by atoms with van der Waals surface area (Å²) < 4.78 is 0. The van der Waals surface area contributed by atoms with E-state index in [1.807, 2.05) is 0 Å². The maximum Gasteiger partial charge on any atom is 0.0446 e. The standard InChI is InChI=1S/C13H28N2O/c1-12(2,3)15-11(6-9-16)10-14-8-7-13(15,4)5/h11,14,16H,6-10H2,1-5H3. The van der Waals surface area contributed by atoms with Gasteiger partial charge in [-0.1, -0.05) is 0 Å². The van der Waals surface area contributed by atoms with Crippen LogP contribution in [0.15, 0.2) is 0 Å². The molecule has 1 heterocycles. The molecule has 1 rings (SSSR count). The molecule has 3 heteroatoms. The Balaban J connectivity index is 2.95. The second-order valence-electron chi connectivity index (χ2n) is 6.47. The molecule has 0 aromatic heterocycles. The molecule has 3 nitrogen and oxygen atoms in total. The van der Waals surface area contributed by atoms with Gasteiger partial charge in [0.15, 0.2) is 0 Å². The van der Waals surface area contributed by atoms with Gasteiger partial charge >= 0.3 is 0 Å². The molecule has 1 aliphatic heterocycles. The normalized spacial score (nSPS) is 27.8. The van der Waals surface area contributed by atoms with Gasteiger partial charge in [0.2, 0.25) is 0 Å². The van der Waals surface area contributed by atoms with Gasteiger partial charge in [0.05, 0.1) is 0 Å². The van der Waals surface area contributed by atoms with Gasteiger partial charge in [-0.2, -0.15) is 0 Å². The fourth-order valence-electron chi connectivity index (χ4n) is 3.20. The summed E-state index contributed by atoms with van der Waals surface area (Å²) in [6, 6.07) is 0.433. The van der Waals surface area contributed by atoms with Crippen molar-refractivity contribution in [3.63, 3.8) is 0 Å². The van der Waals surface area contributed by atoms with Crippen LogP contribution in [-0.2, 0) is 0 Å². The van der Waals surface area contributed by atoms with E-state index in [-0.39, 0.29) is 17.7 Å². The third-order valence-corrected chi connectivity index (χ3v) is 3.50. The molecule has 0 bridgehead atoms. The molecule has 0 aromatic rings. The molecular formula is C13H28N2O. The van der Waals surface area contributed by atoms with E-state index in [4.69, 9.17) is 0 Å². The molecule has 1 saturated heterocycles. The zero-order chi connectivity index (χ0) is 12.4. The van der Waals surface area contributed by atoms with Crippen LogP contribution in [0.25, 0.3) is 0 Å². The minimum absolute atomic E-state index is 0.148. The van der Waals surface area contributed by atoms with Crippen molar-refractivity contribution in [2.45, 2.75) is 64.6 Å². The first-order valence-electron chi connectivity index (χ1n) is 6.40. The number of nitrogens with zero attached hydrogens (tertiary/aromatic N) is 1. The smallest absolute Gasteiger partial charge is 0.0446 e. The van der Waals surface area contributed by atoms with Gasteiger partial charge in [-0.3, -0.25) is 4.90 Å². The van der Waals surface area contributed by atoms with Gasteiger partial charge in [-0.15, -0.1) is 0 Å². The van der Waals surface area contributed by atoms with Crippen LogP contribution in [0.5, 0.6) is 0 Å². The van der Waals surface area contributed by atoms with Crippen LogP contribution < -0.4 is 5.32 Å². The quantitative estimate of drug-likeness (QED) is 0.754. The molecule has 2 N–H and O–H groups in total. The minimum Gasteiger partial charge on any atom is -0.396 e. The zero-order valence-corrected chi connectivity index (χ0v) is 11.5. The minimum atomic E-state index is 0.148. The maximum absolute atomic E-state index is 9.21. The summed E-state index contributed by atoms with van der Waals surface area (Å²) in [7, 11) is 0. The van der Waals surface area contributed by atoms with E-state index < -0.39 is 0 Å². The monoisotopic (exact) mass is 228 g/mol. The molecule has 0 saturated carbocycles. The van der Waals surface area contributed by atoms with E-state index in [9.17, 15) is 5.11 Å². The highest BCUT2D eigenvalue weighted by atomic mass is 16.3. The fraction of sp³-hybridized carbons (Fsp3) is 1.00. The number of aliphatic hydroxyl groups excluding tert-OH is 1. The Morgan fingerprint density at radius 1 is 1.38 bits per heavy atom. The van der Waals surface area contributed by atoms with Crippen LogP contribution in [0.1, 0.15) is 47.5 Å². The molecule has 1 unspecified atom stereocenters. The van der Waals surface area contributed by atoms with Crippen LogP contribution in [0.3, 0.4) is 0 Å². The number of aliphatic hydroxyl groups is 1. The Morgan fingerprint density at radius 3 is 2.50 bits per heavy atom. The molecule has 1 fully saturated rings. The highest BCUT2D eigenvalue weighted by Gasteiger charge is 2.40. The molecule has 0 amide bonds. The molecular weight excluding hydrogens is 200 g/mol. The molecule has 1 atom stereocenters. The average Bonchev–Trinajstić information content (AvgIpc) is 2.23. The summed E-state index contributed by atoms with van der Waals surface area (Å²) in [5.74, 6) is 0. The summed E-state index contributed by atoms with van der Waals surface area (Å²) in [5.41, 5.74) is 0.344. The molecule has 0 aliphatic carbocycles. The van der Waals surface area contributed by atoms with Crippen molar-refractivity contribution in [1.82, 2.24) is 10.2 Å². The second-order valence-corrected chi connectivity index (χ2v) is 6.47. The van der Waals surface area contributed by atoms with Gasteiger partial charge in [-0.05, 0) is 54.0 Å². The van der Waals surface area contributed by atoms with Crippen LogP contribution >= 0.6 is 0 Å². The van der Waals surface area contributed by atoms with Gasteiger partial charge in [0.1, 0.15) is 0 Å². The molecule has 0 spiro atoms. The van der Waals surface area contributed by atoms with Crippen molar-refractivity contribution in [1.29, 1.82) is 0 Å². The van der Waals surface area contributed by atoms with Crippen LogP contribution in [0.2, 0.25) is 0 Å². The lowest BCUT2D eigenvalue weighted by Crippen LogP contribution is -2.59. The Kier molecular flexibility index (Phi) is 4.38. The summed E-state index contributed by atoms with van der Waals surface area (Å²) in [6.07, 6.45) is 2.01. The Bertz CT molecular complexity index is 220. The van der Waals surface area contributed by atoms with Crippen LogP contribution in [-0.4, -0.2) is 46.8 Å². The first kappa shape index (κ1) is 13.9. The van der Waals surface area contributed by atoms with Gasteiger partial charge in [0.25, 0.3) is 0 Å². The molecule has 0 radical (unpaired) electrons. The number of hydrogen-bond donors (Lipinski definition) is 2. The average molecular weight is 228 g/mol. The van der Waals surface area contributed by atoms with Crippen LogP contribution in [0.4, 0.5) is 0 Å². The van der Waals surface area contributed by atoms with Gasteiger partial charge < -0.3 is 10.4 Å². The van der Waals surface area contributed by atoms with Crippen molar-refractivity contribution in [2.24, 2.45) is 0 Å². The SMILES string of the molecule is CC(C)(C)N1C(CCO)CNCCC1(C)C. The van der Waals surface area contributed by atoms with E-state index >= 15 is 0 Å². The topological polar surface area (TPSA) is 35.5 Å². The third kappa shape index (κ3) is 3.19. The number of hydrogen-bond acceptors (Lipinski definition) is 3. The van der Waals surface area contributed by atoms with E-state index in [2.05, 4.69) is 44.8 Å². The first-order chi connectivity index (χ1) is 7.29. The van der Waals surface area contributed by atoms with Crippen molar-refractivity contribution >= 4 is 0 Å². The highest BCUT2D eigenvalue weighted by molar-refractivity contribution is 4.97. The molecule has 0 aromatic carbocycles. The van der Waals surface area contributed by atoms with Crippen molar-refractivity contribution < 1.29 is 5.11 Å². The predicted octanol–water partition coefficient (Wildman–Crippen LogP) is 1.61. The number of nitrogens with one attached hydrogen (secondary N) is 1. The van der Waals surface area contributed by atoms with Gasteiger partial charge in [-0.25, -0.2) is 0 Å². The van der Waals surface area contributed by atoms with E-state index in [0.29, 0.717) is 6.04 Å². The second kappa shape index (κ2) is 5.03. The zero-order valence-electron chi connectivity index (χ0n) is 11.5. The molecule has 96 valence electrons. The van der Waals surface area contributed by atoms with Crippen LogP contribution in [0, 0.1) is 0 Å². The lowest BCUT2D eigenvalue weighted by molar-refractivity contribution is -0.0153. The van der Waals surface area contributed by atoms with E-state index in [1.165, 1.54) is 0 Å². The molecule has 1 aliphatic rings. The maximum atomic E-state index is 9.21. The summed E-state index contributed by atoms with van der Waals surface area (Å²) >= 11 is 0. The van der Waals surface area contributed by atoms with Crippen molar-refractivity contribution in [2.75, 3.05) is 19.7 Å². The lowest BCUT2D eigenvalue weighted by Gasteiger charge is -2.50. The highest BCUT2D eigenvalue weighted by Crippen LogP contribution is 2.32. The Hall–Kier alpha value is -0.120. The predicted molar refractivity (Wildman–Crippen MR) is 68.6 cm³/mol. The van der Waals surface area contributed by atoms with E-state index in [0.717, 1.165) is 25.9 Å². The summed E-state index contributed by atoms with van der Waals surface area (Å²) in [4.78, 5) is 2.58.